The third-order valence-electron chi connectivity index (χ3n) is 4.56. The molecule has 0 saturated carbocycles. The minimum atomic E-state index is 1.17. The first-order chi connectivity index (χ1) is 10.8. The molecule has 128 valence electrons. The van der Waals surface area contributed by atoms with Crippen molar-refractivity contribution in [1.82, 2.24) is 4.57 Å². The summed E-state index contributed by atoms with van der Waals surface area (Å²) in [6, 6.07) is 0. The number of aryl methyl sites for hydroxylation is 2. The fraction of sp³-hybridized carbons (Fsp3) is 0.850. The van der Waals surface area contributed by atoms with E-state index in [0.29, 0.717) is 0 Å². The van der Waals surface area contributed by atoms with Crippen LogP contribution in [0.15, 0.2) is 12.4 Å². The Hall–Kier alpha value is -0.790. The van der Waals surface area contributed by atoms with Crippen LogP contribution in [0.1, 0.15) is 97.2 Å². The molecule has 0 unspecified atom stereocenters. The molecule has 0 N–H and O–H groups in total. The molecule has 1 heterocycles. The zero-order chi connectivity index (χ0) is 16.0. The number of aromatic nitrogens is 2. The second-order valence-electron chi connectivity index (χ2n) is 6.68. The standard InChI is InChI=1S/C20H39N2/c1-4-7-9-11-12-14-17-22-19-18-21(16-6-3)20(22)15-13-10-8-5-2/h18-19H,4-17H2,1-3H3/q+1. The van der Waals surface area contributed by atoms with E-state index >= 15 is 0 Å². The lowest BCUT2D eigenvalue weighted by Crippen LogP contribution is -2.37. The number of rotatable bonds is 14. The van der Waals surface area contributed by atoms with Crippen LogP contribution in [0, 0.1) is 0 Å². The van der Waals surface area contributed by atoms with E-state index in [0.717, 1.165) is 0 Å². The largest absolute Gasteiger partial charge is 0.256 e. The van der Waals surface area contributed by atoms with Crippen LogP contribution in [-0.4, -0.2) is 4.57 Å². The average Bonchev–Trinajstić information content (AvgIpc) is 2.90. The Labute approximate surface area is 138 Å². The summed E-state index contributed by atoms with van der Waals surface area (Å²) in [5.74, 6) is 1.56. The first-order valence-corrected chi connectivity index (χ1v) is 9.90. The molecule has 22 heavy (non-hydrogen) atoms. The molecule has 0 bridgehead atoms. The van der Waals surface area contributed by atoms with Crippen LogP contribution in [0.25, 0.3) is 0 Å². The Morgan fingerprint density at radius 2 is 1.41 bits per heavy atom. The fourth-order valence-electron chi connectivity index (χ4n) is 3.21. The summed E-state index contributed by atoms with van der Waals surface area (Å²) < 4.78 is 5.02. The van der Waals surface area contributed by atoms with Gasteiger partial charge in [-0.15, -0.1) is 0 Å². The Morgan fingerprint density at radius 1 is 0.773 bits per heavy atom. The second kappa shape index (κ2) is 12.7. The maximum absolute atomic E-state index is 2.53. The first kappa shape index (κ1) is 19.3. The van der Waals surface area contributed by atoms with Crippen LogP contribution in [0.5, 0.6) is 0 Å². The SMILES string of the molecule is CCCCCCCCn1cc[n+](CCC)c1CCCCCC. The van der Waals surface area contributed by atoms with E-state index in [-0.39, 0.29) is 0 Å². The fourth-order valence-corrected chi connectivity index (χ4v) is 3.21. The van der Waals surface area contributed by atoms with E-state index in [1.165, 1.54) is 90.1 Å². The summed E-state index contributed by atoms with van der Waals surface area (Å²) in [4.78, 5) is 0. The van der Waals surface area contributed by atoms with Gasteiger partial charge in [0.2, 0.25) is 0 Å². The second-order valence-corrected chi connectivity index (χ2v) is 6.68. The zero-order valence-corrected chi connectivity index (χ0v) is 15.4. The van der Waals surface area contributed by atoms with Crippen molar-refractivity contribution in [2.24, 2.45) is 0 Å². The molecule has 1 aromatic rings. The van der Waals surface area contributed by atoms with Crippen molar-refractivity contribution in [2.75, 3.05) is 0 Å². The summed E-state index contributed by atoms with van der Waals surface area (Å²) in [6.45, 7) is 9.24. The first-order valence-electron chi connectivity index (χ1n) is 9.90. The van der Waals surface area contributed by atoms with Crippen LogP contribution in [-0.2, 0) is 19.5 Å². The van der Waals surface area contributed by atoms with Crippen molar-refractivity contribution in [3.05, 3.63) is 18.2 Å². The van der Waals surface area contributed by atoms with E-state index in [4.69, 9.17) is 0 Å². The number of hydrogen-bond donors (Lipinski definition) is 0. The molecule has 2 nitrogen and oxygen atoms in total. The molecule has 0 spiro atoms. The van der Waals surface area contributed by atoms with Crippen molar-refractivity contribution in [2.45, 2.75) is 111 Å². The Balaban J connectivity index is 2.42. The van der Waals surface area contributed by atoms with E-state index in [9.17, 15) is 0 Å². The maximum Gasteiger partial charge on any atom is 0.256 e. The van der Waals surface area contributed by atoms with E-state index in [1.807, 2.05) is 0 Å². The third kappa shape index (κ3) is 7.47. The normalized spacial score (nSPS) is 11.2. The molecular weight excluding hydrogens is 268 g/mol. The molecule has 1 rings (SSSR count). The zero-order valence-electron chi connectivity index (χ0n) is 15.4. The van der Waals surface area contributed by atoms with Gasteiger partial charge in [0.1, 0.15) is 12.4 Å². The Bertz CT molecular complexity index is 368. The smallest absolute Gasteiger partial charge is 0.234 e. The topological polar surface area (TPSA) is 8.81 Å². The molecular formula is C20H39N2+. The van der Waals surface area contributed by atoms with Crippen molar-refractivity contribution >= 4 is 0 Å². The van der Waals surface area contributed by atoms with Gasteiger partial charge in [0, 0.05) is 6.42 Å². The molecule has 0 aliphatic rings. The monoisotopic (exact) mass is 307 g/mol. The van der Waals surface area contributed by atoms with Crippen molar-refractivity contribution in [1.29, 1.82) is 0 Å². The minimum Gasteiger partial charge on any atom is -0.234 e. The van der Waals surface area contributed by atoms with Crippen molar-refractivity contribution in [3.8, 4) is 0 Å². The third-order valence-corrected chi connectivity index (χ3v) is 4.56. The lowest BCUT2D eigenvalue weighted by Gasteiger charge is -2.05. The molecule has 0 atom stereocenters. The van der Waals surface area contributed by atoms with Gasteiger partial charge >= 0.3 is 0 Å². The molecule has 1 aromatic heterocycles. The van der Waals surface area contributed by atoms with Gasteiger partial charge in [-0.1, -0.05) is 65.7 Å². The molecule has 0 aliphatic heterocycles. The van der Waals surface area contributed by atoms with Gasteiger partial charge in [0.15, 0.2) is 0 Å². The van der Waals surface area contributed by atoms with Crippen LogP contribution in [0.4, 0.5) is 0 Å². The Morgan fingerprint density at radius 3 is 2.09 bits per heavy atom. The number of hydrogen-bond acceptors (Lipinski definition) is 0. The molecule has 0 radical (unpaired) electrons. The van der Waals surface area contributed by atoms with Gasteiger partial charge in [-0.05, 0) is 25.7 Å². The van der Waals surface area contributed by atoms with Gasteiger partial charge in [-0.25, -0.2) is 9.13 Å². The number of unbranched alkanes of at least 4 members (excludes halogenated alkanes) is 8. The van der Waals surface area contributed by atoms with E-state index in [1.54, 1.807) is 5.82 Å². The highest BCUT2D eigenvalue weighted by atomic mass is 15.1. The summed E-state index contributed by atoms with van der Waals surface area (Å²) in [6.07, 6.45) is 20.8. The molecule has 0 aromatic carbocycles. The van der Waals surface area contributed by atoms with Gasteiger partial charge in [0.25, 0.3) is 5.82 Å². The molecule has 0 amide bonds. The molecule has 2 heteroatoms. The van der Waals surface area contributed by atoms with Gasteiger partial charge < -0.3 is 0 Å². The number of nitrogens with zero attached hydrogens (tertiary/aromatic N) is 2. The van der Waals surface area contributed by atoms with Gasteiger partial charge in [-0.2, -0.15) is 0 Å². The highest BCUT2D eigenvalue weighted by Crippen LogP contribution is 2.10. The van der Waals surface area contributed by atoms with Crippen LogP contribution < -0.4 is 4.57 Å². The average molecular weight is 308 g/mol. The number of imidazole rings is 1. The lowest BCUT2D eigenvalue weighted by atomic mass is 10.1. The van der Waals surface area contributed by atoms with E-state index < -0.39 is 0 Å². The minimum absolute atomic E-state index is 1.17. The Kier molecular flexibility index (Phi) is 11.1. The molecule has 0 fully saturated rings. The highest BCUT2D eigenvalue weighted by Gasteiger charge is 2.15. The van der Waals surface area contributed by atoms with Gasteiger partial charge in [0.05, 0.1) is 13.1 Å². The van der Waals surface area contributed by atoms with Crippen LogP contribution in [0.2, 0.25) is 0 Å². The van der Waals surface area contributed by atoms with Crippen LogP contribution in [0.3, 0.4) is 0 Å². The quantitative estimate of drug-likeness (QED) is 0.309. The van der Waals surface area contributed by atoms with E-state index in [2.05, 4.69) is 42.3 Å². The molecule has 0 aliphatic carbocycles. The summed E-state index contributed by atoms with van der Waals surface area (Å²) in [7, 11) is 0. The van der Waals surface area contributed by atoms with Crippen molar-refractivity contribution < 1.29 is 4.57 Å². The van der Waals surface area contributed by atoms with Crippen LogP contribution >= 0.6 is 0 Å². The summed E-state index contributed by atoms with van der Waals surface area (Å²) >= 11 is 0. The molecule has 0 saturated heterocycles. The van der Waals surface area contributed by atoms with Gasteiger partial charge in [-0.3, -0.25) is 0 Å². The lowest BCUT2D eigenvalue weighted by molar-refractivity contribution is -0.703. The maximum atomic E-state index is 2.53. The predicted octanol–water partition coefficient (Wildman–Crippen LogP) is 5.67. The van der Waals surface area contributed by atoms with Crippen molar-refractivity contribution in [3.63, 3.8) is 0 Å². The summed E-state index contributed by atoms with van der Waals surface area (Å²) in [5, 5.41) is 0. The summed E-state index contributed by atoms with van der Waals surface area (Å²) in [5.41, 5.74) is 0. The predicted molar refractivity (Wildman–Crippen MR) is 96.1 cm³/mol. The highest BCUT2D eigenvalue weighted by molar-refractivity contribution is 4.84.